The highest BCUT2D eigenvalue weighted by molar-refractivity contribution is 5.85. The average Bonchev–Trinajstić information content (AvgIpc) is 3.01. The van der Waals surface area contributed by atoms with Crippen LogP contribution in [0.15, 0.2) is 12.7 Å². The third-order valence-corrected chi connectivity index (χ3v) is 7.71. The number of aliphatic hydroxyl groups is 8. The molecule has 0 aromatic rings. The summed E-state index contributed by atoms with van der Waals surface area (Å²) in [7, 11) is 0. The van der Waals surface area contributed by atoms with Crippen LogP contribution in [0.2, 0.25) is 0 Å². The van der Waals surface area contributed by atoms with Crippen molar-refractivity contribution >= 4 is 11.8 Å². The summed E-state index contributed by atoms with van der Waals surface area (Å²) in [6.45, 7) is 2.19. The third-order valence-electron chi connectivity index (χ3n) is 7.71. The number of hydrogen-bond acceptors (Lipinski definition) is 18. The van der Waals surface area contributed by atoms with Gasteiger partial charge in [0.05, 0.1) is 18.7 Å². The summed E-state index contributed by atoms with van der Waals surface area (Å²) in [5, 5.41) is 84.9. The highest BCUT2D eigenvalue weighted by atomic mass is 16.7. The molecule has 0 aromatic carbocycles. The fraction of sp³-hybridized carbons (Fsp3) is 0.840. The fourth-order valence-corrected chi connectivity index (χ4v) is 5.07. The Labute approximate surface area is 258 Å². The molecule has 0 radical (unpaired) electrons. The number of aliphatic hydroxyl groups excluding tert-OH is 8. The molecule has 3 fully saturated rings. The fourth-order valence-electron chi connectivity index (χ4n) is 5.07. The van der Waals surface area contributed by atoms with Crippen molar-refractivity contribution in [2.45, 2.75) is 111 Å². The van der Waals surface area contributed by atoms with Crippen molar-refractivity contribution in [2.24, 2.45) is 28.7 Å². The van der Waals surface area contributed by atoms with Crippen molar-refractivity contribution < 1.29 is 69.4 Å². The maximum Gasteiger partial charge on any atom is 0.249 e. The molecule has 3 rings (SSSR count). The van der Waals surface area contributed by atoms with E-state index in [1.165, 1.54) is 0 Å². The second kappa shape index (κ2) is 17.8. The number of carbonyl (C=O) groups is 2. The maximum absolute atomic E-state index is 12.6. The Hall–Kier alpha value is -1.96. The minimum absolute atomic E-state index is 0.0101. The van der Waals surface area contributed by atoms with Crippen LogP contribution in [0.25, 0.3) is 0 Å². The summed E-state index contributed by atoms with van der Waals surface area (Å²) in [5.41, 5.74) is 27.6. The standard InChI is InChI=1S/C22H43N5O13.C3H5NO/c23-2-1-8(29)20(36)27-7-3-6(25)18(39-22-16(34)15(33)13(31)9(4-24)37-22)17(35)19(7)40-21-14(32)11(26)12(30)10(5-28)38-21;1-2-3(4)5/h6-19,21-22,28-35H,1-5,23-26H2,(H,27,36);2H,1H2,(H2,4,5)/t6-,7+,8-,9+,10+,11-,12+,13+,14+,15-,16+,17-,18+,19-,21+,22+;/m0./s1. The van der Waals surface area contributed by atoms with Crippen LogP contribution in [0.5, 0.6) is 0 Å². The quantitative estimate of drug-likeness (QED) is 0.0917. The van der Waals surface area contributed by atoms with E-state index in [4.69, 9.17) is 41.9 Å². The van der Waals surface area contributed by atoms with Gasteiger partial charge in [-0.05, 0) is 25.5 Å². The minimum atomic E-state index is -1.76. The molecule has 2 aliphatic heterocycles. The summed E-state index contributed by atoms with van der Waals surface area (Å²) in [4.78, 5) is 22.1. The molecule has 0 spiro atoms. The molecular weight excluding hydrogens is 608 g/mol. The van der Waals surface area contributed by atoms with Crippen LogP contribution in [-0.2, 0) is 28.5 Å². The number of amides is 2. The van der Waals surface area contributed by atoms with Crippen LogP contribution in [0, 0.1) is 0 Å². The number of primary amides is 1. The summed E-state index contributed by atoms with van der Waals surface area (Å²) in [5.74, 6) is -1.33. The van der Waals surface area contributed by atoms with E-state index in [1.54, 1.807) is 0 Å². The lowest BCUT2D eigenvalue weighted by Crippen LogP contribution is -2.69. The lowest BCUT2D eigenvalue weighted by molar-refractivity contribution is -0.332. The molecule has 0 bridgehead atoms. The highest BCUT2D eigenvalue weighted by Gasteiger charge is 2.52. The van der Waals surface area contributed by atoms with Gasteiger partial charge in [-0.1, -0.05) is 6.58 Å². The SMILES string of the molecule is C=CC(N)=O.NCC[C@H](O)C(=O)N[C@@H]1C[C@H](N)[C@@H](O[C@H]2O[C@H](CN)[C@@H](O)[C@H](O)[C@H]2O)[C@H](O)[C@H]1O[C@H]1O[C@H](CO)[C@@H](O)[C@H](N)[C@H]1O. The monoisotopic (exact) mass is 656 g/mol. The molecular formula is C25H48N6O14. The third kappa shape index (κ3) is 9.77. The van der Waals surface area contributed by atoms with Crippen molar-refractivity contribution in [3.8, 4) is 0 Å². The van der Waals surface area contributed by atoms with Gasteiger partial charge in [0.1, 0.15) is 67.1 Å². The first-order chi connectivity index (χ1) is 21.1. The molecule has 2 heterocycles. The molecule has 20 heteroatoms. The summed E-state index contributed by atoms with van der Waals surface area (Å²) in [6, 6.07) is -3.45. The molecule has 0 unspecified atom stereocenters. The number of rotatable bonds is 11. The van der Waals surface area contributed by atoms with E-state index in [9.17, 15) is 50.4 Å². The van der Waals surface area contributed by atoms with E-state index in [0.717, 1.165) is 6.08 Å². The van der Waals surface area contributed by atoms with Gasteiger partial charge in [-0.25, -0.2) is 0 Å². The lowest BCUT2D eigenvalue weighted by atomic mass is 9.83. The Morgan fingerprint density at radius 2 is 1.44 bits per heavy atom. The van der Waals surface area contributed by atoms with Crippen molar-refractivity contribution in [1.29, 1.82) is 0 Å². The summed E-state index contributed by atoms with van der Waals surface area (Å²) >= 11 is 0. The molecule has 16 atom stereocenters. The van der Waals surface area contributed by atoms with Gasteiger partial charge in [-0.3, -0.25) is 9.59 Å². The number of hydrogen-bond donors (Lipinski definition) is 14. The molecule has 1 aliphatic carbocycles. The van der Waals surface area contributed by atoms with Crippen LogP contribution in [0.1, 0.15) is 12.8 Å². The lowest BCUT2D eigenvalue weighted by Gasteiger charge is -2.49. The predicted molar refractivity (Wildman–Crippen MR) is 151 cm³/mol. The molecule has 1 saturated carbocycles. The Morgan fingerprint density at radius 3 is 1.98 bits per heavy atom. The van der Waals surface area contributed by atoms with Gasteiger partial charge >= 0.3 is 0 Å². The number of ether oxygens (including phenoxy) is 4. The molecule has 2 amide bonds. The predicted octanol–water partition coefficient (Wildman–Crippen LogP) is -8.77. The van der Waals surface area contributed by atoms with Crippen LogP contribution in [0.4, 0.5) is 0 Å². The first kappa shape index (κ1) is 39.2. The normalized spacial score (nSPS) is 42.5. The molecule has 0 aromatic heterocycles. The zero-order valence-corrected chi connectivity index (χ0v) is 24.5. The van der Waals surface area contributed by atoms with Crippen LogP contribution >= 0.6 is 0 Å². The molecule has 20 nitrogen and oxygen atoms in total. The average molecular weight is 657 g/mol. The molecule has 19 N–H and O–H groups in total. The Balaban J connectivity index is 0.00000130. The van der Waals surface area contributed by atoms with Gasteiger partial charge in [0.15, 0.2) is 12.6 Å². The van der Waals surface area contributed by atoms with Gasteiger partial charge in [0.25, 0.3) is 0 Å². The largest absolute Gasteiger partial charge is 0.394 e. The van der Waals surface area contributed by atoms with Crippen molar-refractivity contribution in [3.05, 3.63) is 12.7 Å². The highest BCUT2D eigenvalue weighted by Crippen LogP contribution is 2.32. The second-order valence-electron chi connectivity index (χ2n) is 10.9. The van der Waals surface area contributed by atoms with E-state index < -0.39 is 116 Å². The first-order valence-electron chi connectivity index (χ1n) is 14.3. The van der Waals surface area contributed by atoms with Crippen LogP contribution in [0.3, 0.4) is 0 Å². The zero-order chi connectivity index (χ0) is 34.2. The van der Waals surface area contributed by atoms with Crippen molar-refractivity contribution in [3.63, 3.8) is 0 Å². The Morgan fingerprint density at radius 1 is 0.889 bits per heavy atom. The Kier molecular flexibility index (Phi) is 15.5. The summed E-state index contributed by atoms with van der Waals surface area (Å²) in [6.07, 6.45) is -18.8. The molecule has 3 aliphatic rings. The second-order valence-corrected chi connectivity index (χ2v) is 10.9. The van der Waals surface area contributed by atoms with E-state index in [2.05, 4.69) is 17.6 Å². The topological polar surface area (TPSA) is 375 Å². The van der Waals surface area contributed by atoms with E-state index in [0.29, 0.717) is 0 Å². The minimum Gasteiger partial charge on any atom is -0.394 e. The van der Waals surface area contributed by atoms with Crippen LogP contribution < -0.4 is 34.0 Å². The van der Waals surface area contributed by atoms with Crippen molar-refractivity contribution in [2.75, 3.05) is 19.7 Å². The van der Waals surface area contributed by atoms with E-state index in [-0.39, 0.29) is 25.9 Å². The van der Waals surface area contributed by atoms with Gasteiger partial charge in [0, 0.05) is 12.6 Å². The van der Waals surface area contributed by atoms with E-state index >= 15 is 0 Å². The van der Waals surface area contributed by atoms with Crippen LogP contribution in [-0.4, -0.2) is 170 Å². The molecule has 262 valence electrons. The maximum atomic E-state index is 12.6. The Bertz CT molecular complexity index is 952. The first-order valence-corrected chi connectivity index (χ1v) is 14.3. The number of nitrogens with two attached hydrogens (primary N) is 5. The van der Waals surface area contributed by atoms with E-state index in [1.807, 2.05) is 0 Å². The summed E-state index contributed by atoms with van der Waals surface area (Å²) < 4.78 is 22.5. The van der Waals surface area contributed by atoms with Crippen molar-refractivity contribution in [1.82, 2.24) is 5.32 Å². The molecule has 45 heavy (non-hydrogen) atoms. The smallest absolute Gasteiger partial charge is 0.249 e. The molecule has 2 saturated heterocycles. The van der Waals surface area contributed by atoms with Gasteiger partial charge < -0.3 is 93.8 Å². The number of nitrogens with one attached hydrogen (secondary N) is 1. The zero-order valence-electron chi connectivity index (χ0n) is 24.5. The van der Waals surface area contributed by atoms with Gasteiger partial charge in [0.2, 0.25) is 11.8 Å². The number of carbonyl (C=O) groups excluding carboxylic acids is 2. The van der Waals surface area contributed by atoms with Gasteiger partial charge in [-0.2, -0.15) is 0 Å². The van der Waals surface area contributed by atoms with Gasteiger partial charge in [-0.15, -0.1) is 0 Å².